The molecule has 0 saturated heterocycles. The van der Waals surface area contributed by atoms with Crippen LogP contribution in [-0.4, -0.2) is 16.1 Å². The van der Waals surface area contributed by atoms with E-state index in [1.807, 2.05) is 0 Å². The van der Waals surface area contributed by atoms with Gasteiger partial charge in [0.15, 0.2) is 5.43 Å². The van der Waals surface area contributed by atoms with Crippen LogP contribution in [0.2, 0.25) is 0 Å². The number of carboxylic acid groups (broad SMARTS) is 1. The highest BCUT2D eigenvalue weighted by Gasteiger charge is 2.19. The van der Waals surface area contributed by atoms with Crippen molar-refractivity contribution < 1.29 is 9.90 Å². The Morgan fingerprint density at radius 2 is 2.31 bits per heavy atom. The van der Waals surface area contributed by atoms with Crippen LogP contribution in [0.3, 0.4) is 0 Å². The van der Waals surface area contributed by atoms with E-state index in [0.29, 0.717) is 11.3 Å². The van der Waals surface area contributed by atoms with Crippen LogP contribution in [0.1, 0.15) is 21.6 Å². The van der Waals surface area contributed by atoms with Crippen molar-refractivity contribution in [1.29, 1.82) is 0 Å². The minimum Gasteiger partial charge on any atom is -0.477 e. The van der Waals surface area contributed by atoms with E-state index in [9.17, 15) is 9.59 Å². The molecule has 1 aliphatic heterocycles. The van der Waals surface area contributed by atoms with Gasteiger partial charge in [-0.05, 0) is 0 Å². The third kappa shape index (κ3) is 1.25. The third-order valence-corrected chi connectivity index (χ3v) is 2.98. The maximum atomic E-state index is 11.5. The lowest BCUT2D eigenvalue weighted by Gasteiger charge is -1.98. The molecule has 1 aromatic heterocycles. The summed E-state index contributed by atoms with van der Waals surface area (Å²) in [6, 6.07) is 0. The number of rotatable bonds is 1. The van der Waals surface area contributed by atoms with Crippen LogP contribution < -0.4 is 5.43 Å². The van der Waals surface area contributed by atoms with Crippen molar-refractivity contribution in [2.75, 3.05) is 0 Å². The highest BCUT2D eigenvalue weighted by Crippen LogP contribution is 2.25. The van der Waals surface area contributed by atoms with Crippen LogP contribution in [0.4, 0.5) is 0 Å². The molecule has 1 aliphatic rings. The molecule has 0 bridgehead atoms. The van der Waals surface area contributed by atoms with Gasteiger partial charge in [0.1, 0.15) is 5.56 Å². The molecule has 0 atom stereocenters. The van der Waals surface area contributed by atoms with Gasteiger partial charge in [0.05, 0.1) is 0 Å². The van der Waals surface area contributed by atoms with Gasteiger partial charge < -0.3 is 10.1 Å². The number of H-pyrrole nitrogens is 1. The zero-order valence-corrected chi connectivity index (χ0v) is 7.48. The quantitative estimate of drug-likeness (QED) is 0.699. The fourth-order valence-corrected chi connectivity index (χ4v) is 2.38. The van der Waals surface area contributed by atoms with E-state index in [0.717, 1.165) is 11.4 Å². The Balaban J connectivity index is 2.66. The average Bonchev–Trinajstić information content (AvgIpc) is 2.52. The molecule has 2 N–H and O–H groups in total. The number of pyridine rings is 1. The molecule has 2 heterocycles. The summed E-state index contributed by atoms with van der Waals surface area (Å²) < 4.78 is 0. The number of carbonyl (C=O) groups is 1. The normalized spacial score (nSPS) is 14.2. The maximum Gasteiger partial charge on any atom is 0.341 e. The predicted molar refractivity (Wildman–Crippen MR) is 49.0 cm³/mol. The average molecular weight is 197 g/mol. The molecule has 0 saturated carbocycles. The summed E-state index contributed by atoms with van der Waals surface area (Å²) >= 11 is 1.61. The molecule has 0 unspecified atom stereocenters. The number of aromatic amines is 1. The van der Waals surface area contributed by atoms with Gasteiger partial charge in [-0.3, -0.25) is 4.79 Å². The summed E-state index contributed by atoms with van der Waals surface area (Å²) in [5, 5.41) is 8.67. The number of aromatic nitrogens is 1. The Bertz CT molecular complexity index is 424. The molecule has 13 heavy (non-hydrogen) atoms. The molecule has 5 heteroatoms. The predicted octanol–water partition coefficient (Wildman–Crippen LogP) is 0.820. The fourth-order valence-electron chi connectivity index (χ4n) is 1.31. The number of hydrogen-bond acceptors (Lipinski definition) is 3. The van der Waals surface area contributed by atoms with Gasteiger partial charge in [0.25, 0.3) is 0 Å². The van der Waals surface area contributed by atoms with E-state index >= 15 is 0 Å². The van der Waals surface area contributed by atoms with Crippen LogP contribution in [-0.2, 0) is 11.5 Å². The first-order valence-corrected chi connectivity index (χ1v) is 4.90. The van der Waals surface area contributed by atoms with E-state index < -0.39 is 5.97 Å². The number of fused-ring (bicyclic) bond motifs is 1. The van der Waals surface area contributed by atoms with Gasteiger partial charge in [0, 0.05) is 29.0 Å². The van der Waals surface area contributed by atoms with Crippen molar-refractivity contribution in [3.05, 3.63) is 33.2 Å². The second-order valence-electron chi connectivity index (χ2n) is 2.79. The van der Waals surface area contributed by atoms with Crippen molar-refractivity contribution in [3.8, 4) is 0 Å². The van der Waals surface area contributed by atoms with Crippen LogP contribution in [0.5, 0.6) is 0 Å². The lowest BCUT2D eigenvalue weighted by molar-refractivity contribution is 0.0695. The Morgan fingerprint density at radius 1 is 1.54 bits per heavy atom. The monoisotopic (exact) mass is 197 g/mol. The molecule has 68 valence electrons. The number of aromatic carboxylic acids is 1. The molecular formula is C8H7NO3S. The van der Waals surface area contributed by atoms with Crippen molar-refractivity contribution in [1.82, 2.24) is 4.98 Å². The third-order valence-electron chi connectivity index (χ3n) is 2.00. The number of hydrogen-bond donors (Lipinski definition) is 2. The standard InChI is InChI=1S/C8H7NO3S/c10-7-4(8(11)12)1-9-6-3-13-2-5(6)7/h1H,2-3H2,(H,9,10)(H,11,12). The number of thioether (sulfide) groups is 1. The van der Waals surface area contributed by atoms with Crippen molar-refractivity contribution in [3.63, 3.8) is 0 Å². The Hall–Kier alpha value is -1.23. The smallest absolute Gasteiger partial charge is 0.341 e. The van der Waals surface area contributed by atoms with Crippen LogP contribution >= 0.6 is 11.8 Å². The van der Waals surface area contributed by atoms with E-state index in [4.69, 9.17) is 5.11 Å². The summed E-state index contributed by atoms with van der Waals surface area (Å²) in [5.41, 5.74) is 0.970. The van der Waals surface area contributed by atoms with Crippen molar-refractivity contribution in [2.24, 2.45) is 0 Å². The summed E-state index contributed by atoms with van der Waals surface area (Å²) in [5.74, 6) is 0.219. The molecule has 0 amide bonds. The van der Waals surface area contributed by atoms with Crippen LogP contribution in [0.25, 0.3) is 0 Å². The van der Waals surface area contributed by atoms with E-state index in [-0.39, 0.29) is 11.0 Å². The lowest BCUT2D eigenvalue weighted by atomic mass is 10.1. The number of nitrogens with one attached hydrogen (secondary N) is 1. The molecule has 0 aliphatic carbocycles. The van der Waals surface area contributed by atoms with Gasteiger partial charge in [-0.25, -0.2) is 4.79 Å². The SMILES string of the molecule is O=C(O)c1c[nH]c2c(c1=O)CSC2. The van der Waals surface area contributed by atoms with Gasteiger partial charge in [-0.2, -0.15) is 11.8 Å². The largest absolute Gasteiger partial charge is 0.477 e. The van der Waals surface area contributed by atoms with E-state index in [2.05, 4.69) is 4.98 Å². The highest BCUT2D eigenvalue weighted by atomic mass is 32.2. The summed E-state index contributed by atoms with van der Waals surface area (Å²) in [6.07, 6.45) is 1.27. The Morgan fingerprint density at radius 3 is 3.00 bits per heavy atom. The first-order chi connectivity index (χ1) is 6.20. The summed E-state index contributed by atoms with van der Waals surface area (Å²) in [4.78, 5) is 24.9. The Kier molecular flexibility index (Phi) is 1.88. The maximum absolute atomic E-state index is 11.5. The van der Waals surface area contributed by atoms with Crippen LogP contribution in [0, 0.1) is 0 Å². The minimum absolute atomic E-state index is 0.166. The first-order valence-electron chi connectivity index (χ1n) is 3.74. The van der Waals surface area contributed by atoms with E-state index in [1.54, 1.807) is 11.8 Å². The second kappa shape index (κ2) is 2.92. The molecule has 1 aromatic rings. The summed E-state index contributed by atoms with van der Waals surface area (Å²) in [7, 11) is 0. The molecule has 0 spiro atoms. The molecular weight excluding hydrogens is 190 g/mol. The first kappa shape index (κ1) is 8.37. The molecule has 2 rings (SSSR count). The number of carboxylic acids is 1. The second-order valence-corrected chi connectivity index (χ2v) is 3.77. The zero-order valence-electron chi connectivity index (χ0n) is 6.66. The summed E-state index contributed by atoms with van der Waals surface area (Å²) in [6.45, 7) is 0. The van der Waals surface area contributed by atoms with Gasteiger partial charge >= 0.3 is 5.97 Å². The van der Waals surface area contributed by atoms with E-state index in [1.165, 1.54) is 6.20 Å². The Labute approximate surface area is 78.0 Å². The topological polar surface area (TPSA) is 70.2 Å². The van der Waals surface area contributed by atoms with Gasteiger partial charge in [-0.15, -0.1) is 0 Å². The van der Waals surface area contributed by atoms with Gasteiger partial charge in [0.2, 0.25) is 0 Å². The minimum atomic E-state index is -1.17. The molecule has 0 fully saturated rings. The fraction of sp³-hybridized carbons (Fsp3) is 0.250. The highest BCUT2D eigenvalue weighted by molar-refractivity contribution is 7.98. The molecule has 0 radical (unpaired) electrons. The molecule has 0 aromatic carbocycles. The van der Waals surface area contributed by atoms with Gasteiger partial charge in [-0.1, -0.05) is 0 Å². The molecule has 4 nitrogen and oxygen atoms in total. The van der Waals surface area contributed by atoms with Crippen molar-refractivity contribution >= 4 is 17.7 Å². The zero-order chi connectivity index (χ0) is 9.42. The van der Waals surface area contributed by atoms with Crippen LogP contribution in [0.15, 0.2) is 11.0 Å². The lowest BCUT2D eigenvalue weighted by Crippen LogP contribution is -2.19. The van der Waals surface area contributed by atoms with Crippen molar-refractivity contribution in [2.45, 2.75) is 11.5 Å².